The van der Waals surface area contributed by atoms with Crippen LogP contribution in [0.2, 0.25) is 0 Å². The molecule has 0 spiro atoms. The van der Waals surface area contributed by atoms with Gasteiger partial charge < -0.3 is 19.7 Å². The number of ether oxygens (including phenoxy) is 2. The molecule has 2 heterocycles. The molecule has 13 heavy (non-hydrogen) atoms. The van der Waals surface area contributed by atoms with Gasteiger partial charge in [-0.05, 0) is 18.8 Å². The third-order valence-corrected chi connectivity index (χ3v) is 3.29. The highest BCUT2D eigenvalue weighted by Crippen LogP contribution is 2.50. The normalized spacial score (nSPS) is 54.5. The van der Waals surface area contributed by atoms with E-state index in [9.17, 15) is 5.11 Å². The average molecular weight is 186 g/mol. The fourth-order valence-corrected chi connectivity index (χ4v) is 2.37. The Kier molecular flexibility index (Phi) is 1.68. The molecule has 4 heteroatoms. The van der Waals surface area contributed by atoms with E-state index in [2.05, 4.69) is 0 Å². The molecule has 3 rings (SSSR count). The molecule has 5 atom stereocenters. The summed E-state index contributed by atoms with van der Waals surface area (Å²) in [5, 5.41) is 18.8. The summed E-state index contributed by atoms with van der Waals surface area (Å²) < 4.78 is 10.6. The number of aliphatic hydroxyl groups excluding tert-OH is 2. The van der Waals surface area contributed by atoms with Crippen molar-refractivity contribution < 1.29 is 19.7 Å². The van der Waals surface area contributed by atoms with Gasteiger partial charge in [0, 0.05) is 5.92 Å². The number of fused-ring (bicyclic) bond motifs is 1. The van der Waals surface area contributed by atoms with Crippen molar-refractivity contribution in [2.24, 2.45) is 11.8 Å². The Morgan fingerprint density at radius 1 is 1.23 bits per heavy atom. The van der Waals surface area contributed by atoms with E-state index < -0.39 is 12.2 Å². The fourth-order valence-electron chi connectivity index (χ4n) is 2.37. The molecule has 2 saturated heterocycles. The van der Waals surface area contributed by atoms with Gasteiger partial charge >= 0.3 is 0 Å². The molecular weight excluding hydrogens is 172 g/mol. The average Bonchev–Trinajstić information content (AvgIpc) is 2.96. The van der Waals surface area contributed by atoms with Crippen molar-refractivity contribution in [3.8, 4) is 0 Å². The second kappa shape index (κ2) is 2.67. The Labute approximate surface area is 76.5 Å². The van der Waals surface area contributed by atoms with Gasteiger partial charge in [0.25, 0.3) is 0 Å². The van der Waals surface area contributed by atoms with Crippen LogP contribution in [0.4, 0.5) is 0 Å². The molecule has 0 bridgehead atoms. The summed E-state index contributed by atoms with van der Waals surface area (Å²) in [4.78, 5) is 0. The molecule has 1 aliphatic carbocycles. The lowest BCUT2D eigenvalue weighted by molar-refractivity contribution is -0.128. The summed E-state index contributed by atoms with van der Waals surface area (Å²) >= 11 is 0. The first-order chi connectivity index (χ1) is 6.31. The molecule has 0 aromatic rings. The maximum Gasteiger partial charge on any atom is 0.185 e. The molecule has 1 saturated carbocycles. The Balaban J connectivity index is 1.76. The van der Waals surface area contributed by atoms with Crippen molar-refractivity contribution in [3.05, 3.63) is 0 Å². The lowest BCUT2D eigenvalue weighted by Crippen LogP contribution is -2.46. The first-order valence-electron chi connectivity index (χ1n) is 4.91. The third kappa shape index (κ3) is 1.21. The van der Waals surface area contributed by atoms with Gasteiger partial charge in [-0.2, -0.15) is 0 Å². The lowest BCUT2D eigenvalue weighted by atomic mass is 9.88. The van der Waals surface area contributed by atoms with Crippen LogP contribution >= 0.6 is 0 Å². The topological polar surface area (TPSA) is 62.2 Å². The monoisotopic (exact) mass is 186 g/mol. The zero-order chi connectivity index (χ0) is 9.00. The van der Waals surface area contributed by atoms with E-state index in [1.807, 2.05) is 0 Å². The van der Waals surface area contributed by atoms with Gasteiger partial charge in [0.05, 0.1) is 12.7 Å². The summed E-state index contributed by atoms with van der Waals surface area (Å²) in [7, 11) is 0. The molecule has 0 amide bonds. The van der Waals surface area contributed by atoms with Crippen molar-refractivity contribution in [1.29, 1.82) is 0 Å². The van der Waals surface area contributed by atoms with Gasteiger partial charge in [-0.25, -0.2) is 0 Å². The van der Waals surface area contributed by atoms with Crippen molar-refractivity contribution in [2.45, 2.75) is 37.4 Å². The summed E-state index contributed by atoms with van der Waals surface area (Å²) in [6.45, 7) is -0.114. The SMILES string of the molecule is OCC1OC2OC2C(C2CC2)C1O. The van der Waals surface area contributed by atoms with Gasteiger partial charge in [0.2, 0.25) is 0 Å². The van der Waals surface area contributed by atoms with Crippen LogP contribution in [0.15, 0.2) is 0 Å². The first kappa shape index (κ1) is 8.17. The van der Waals surface area contributed by atoms with Crippen molar-refractivity contribution >= 4 is 0 Å². The number of aliphatic hydroxyl groups is 2. The highest BCUT2D eigenvalue weighted by molar-refractivity contribution is 5.02. The van der Waals surface area contributed by atoms with Gasteiger partial charge in [-0.3, -0.25) is 0 Å². The minimum Gasteiger partial charge on any atom is -0.394 e. The molecule has 4 nitrogen and oxygen atoms in total. The number of rotatable bonds is 2. The standard InChI is InChI=1S/C9H14O4/c10-3-5-7(11)6(4-1-2-4)8-9(12-5)13-8/h4-11H,1-3H2. The zero-order valence-corrected chi connectivity index (χ0v) is 7.30. The molecular formula is C9H14O4. The van der Waals surface area contributed by atoms with E-state index >= 15 is 0 Å². The van der Waals surface area contributed by atoms with E-state index in [0.29, 0.717) is 5.92 Å². The minimum absolute atomic E-state index is 0.102. The molecule has 0 aromatic carbocycles. The number of hydrogen-bond donors (Lipinski definition) is 2. The molecule has 0 radical (unpaired) electrons. The Bertz CT molecular complexity index is 216. The Hall–Kier alpha value is -0.160. The maximum atomic E-state index is 9.87. The number of epoxide rings is 1. The van der Waals surface area contributed by atoms with Crippen LogP contribution in [0.1, 0.15) is 12.8 Å². The number of hydrogen-bond acceptors (Lipinski definition) is 4. The van der Waals surface area contributed by atoms with Crippen molar-refractivity contribution in [2.75, 3.05) is 6.61 Å². The second-order valence-electron chi connectivity index (χ2n) is 4.23. The van der Waals surface area contributed by atoms with Gasteiger partial charge in [-0.15, -0.1) is 0 Å². The van der Waals surface area contributed by atoms with Gasteiger partial charge in [0.15, 0.2) is 6.29 Å². The second-order valence-corrected chi connectivity index (χ2v) is 4.23. The third-order valence-electron chi connectivity index (χ3n) is 3.29. The van der Waals surface area contributed by atoms with Gasteiger partial charge in [-0.1, -0.05) is 0 Å². The molecule has 3 aliphatic rings. The van der Waals surface area contributed by atoms with Crippen LogP contribution in [0.3, 0.4) is 0 Å². The Morgan fingerprint density at radius 3 is 2.62 bits per heavy atom. The van der Waals surface area contributed by atoms with Crippen molar-refractivity contribution in [1.82, 2.24) is 0 Å². The van der Waals surface area contributed by atoms with Crippen LogP contribution in [0.5, 0.6) is 0 Å². The van der Waals surface area contributed by atoms with E-state index in [1.165, 1.54) is 12.8 Å². The molecule has 74 valence electrons. The van der Waals surface area contributed by atoms with Crippen LogP contribution < -0.4 is 0 Å². The zero-order valence-electron chi connectivity index (χ0n) is 7.30. The van der Waals surface area contributed by atoms with Crippen LogP contribution in [-0.2, 0) is 9.47 Å². The highest BCUT2D eigenvalue weighted by Gasteiger charge is 2.59. The molecule has 2 aliphatic heterocycles. The summed E-state index contributed by atoms with van der Waals surface area (Å²) in [5.74, 6) is 0.804. The quantitative estimate of drug-likeness (QED) is 0.570. The van der Waals surface area contributed by atoms with Gasteiger partial charge in [0.1, 0.15) is 12.2 Å². The summed E-state index contributed by atoms with van der Waals surface area (Å²) in [5.41, 5.74) is 0. The maximum absolute atomic E-state index is 9.87. The van der Waals surface area contributed by atoms with Crippen LogP contribution in [0, 0.1) is 11.8 Å². The minimum atomic E-state index is -0.541. The summed E-state index contributed by atoms with van der Waals surface area (Å²) in [6.07, 6.45) is 1.35. The molecule has 2 N–H and O–H groups in total. The van der Waals surface area contributed by atoms with Crippen LogP contribution in [-0.4, -0.2) is 41.4 Å². The molecule has 5 unspecified atom stereocenters. The first-order valence-corrected chi connectivity index (χ1v) is 4.91. The fraction of sp³-hybridized carbons (Fsp3) is 1.00. The Morgan fingerprint density at radius 2 is 2.00 bits per heavy atom. The van der Waals surface area contributed by atoms with E-state index in [0.717, 1.165) is 0 Å². The largest absolute Gasteiger partial charge is 0.394 e. The predicted molar refractivity (Wildman–Crippen MR) is 42.8 cm³/mol. The lowest BCUT2D eigenvalue weighted by Gasteiger charge is -2.30. The highest BCUT2D eigenvalue weighted by atomic mass is 16.8. The summed E-state index contributed by atoms with van der Waals surface area (Å²) in [6, 6.07) is 0. The van der Waals surface area contributed by atoms with E-state index in [1.54, 1.807) is 0 Å². The predicted octanol–water partition coefficient (Wildman–Crippen LogP) is -0.510. The van der Waals surface area contributed by atoms with E-state index in [4.69, 9.17) is 14.6 Å². The van der Waals surface area contributed by atoms with E-state index in [-0.39, 0.29) is 24.9 Å². The van der Waals surface area contributed by atoms with Crippen LogP contribution in [0.25, 0.3) is 0 Å². The smallest absolute Gasteiger partial charge is 0.185 e. The molecule has 0 aromatic heterocycles. The van der Waals surface area contributed by atoms with Crippen molar-refractivity contribution in [3.63, 3.8) is 0 Å². The molecule has 3 fully saturated rings.